The predicted octanol–water partition coefficient (Wildman–Crippen LogP) is 8.72. The molecule has 0 radical (unpaired) electrons. The lowest BCUT2D eigenvalue weighted by atomic mass is 9.75. The molecule has 0 aromatic heterocycles. The van der Waals surface area contributed by atoms with Crippen LogP contribution in [0.3, 0.4) is 0 Å². The molecule has 6 rings (SSSR count). The fourth-order valence-corrected chi connectivity index (χ4v) is 7.21. The van der Waals surface area contributed by atoms with Gasteiger partial charge in [0.2, 0.25) is 0 Å². The Bertz CT molecular complexity index is 1460. The summed E-state index contributed by atoms with van der Waals surface area (Å²) < 4.78 is 33.7. The first-order chi connectivity index (χ1) is 23.2. The lowest BCUT2D eigenvalue weighted by Crippen LogP contribution is -2.50. The quantitative estimate of drug-likeness (QED) is 0.109. The van der Waals surface area contributed by atoms with E-state index in [2.05, 4.69) is 73.3 Å². The van der Waals surface area contributed by atoms with Crippen LogP contribution in [0.15, 0.2) is 134 Å². The van der Waals surface area contributed by atoms with Gasteiger partial charge in [0, 0.05) is 5.41 Å². The zero-order valence-electron chi connectivity index (χ0n) is 27.3. The Morgan fingerprint density at radius 3 is 1.74 bits per heavy atom. The second kappa shape index (κ2) is 17.0. The normalized spacial score (nSPS) is 22.6. The van der Waals surface area contributed by atoms with E-state index in [1.54, 1.807) is 0 Å². The van der Waals surface area contributed by atoms with Crippen LogP contribution in [-0.2, 0) is 50.1 Å². The Kier molecular flexibility index (Phi) is 12.1. The van der Waals surface area contributed by atoms with Crippen LogP contribution in [0.25, 0.3) is 0 Å². The van der Waals surface area contributed by atoms with Crippen LogP contribution in [0.5, 0.6) is 0 Å². The number of hydrogen-bond acceptors (Lipinski definition) is 5. The van der Waals surface area contributed by atoms with Crippen molar-refractivity contribution in [1.82, 2.24) is 0 Å². The fourth-order valence-electron chi connectivity index (χ4n) is 7.21. The standard InChI is InChI=1S/C42H48O5/c1-2-37-24-15-25-42(37)26-38(47-32-42)40(45-29-35-20-11-5-12-21-35)41(46-30-36-22-13-6-14-23-36)39(44-28-34-18-9-4-10-19-34)31-43-27-33-16-7-3-8-17-33/h2-14,16-23,37-41H,1,15,24-32H2/t37?,38-,39+,40-,41+,42?/m0/s1. The Morgan fingerprint density at radius 1 is 0.681 bits per heavy atom. The van der Waals surface area contributed by atoms with Crippen LogP contribution >= 0.6 is 0 Å². The van der Waals surface area contributed by atoms with Gasteiger partial charge < -0.3 is 23.7 Å². The lowest BCUT2D eigenvalue weighted by Gasteiger charge is -2.37. The van der Waals surface area contributed by atoms with Gasteiger partial charge in [-0.15, -0.1) is 6.58 Å². The first-order valence-electron chi connectivity index (χ1n) is 17.0. The summed E-state index contributed by atoms with van der Waals surface area (Å²) in [5.41, 5.74) is 4.51. The molecule has 4 aromatic rings. The zero-order chi connectivity index (χ0) is 32.2. The molecule has 6 atom stereocenters. The molecular formula is C42H48O5. The second-order valence-corrected chi connectivity index (χ2v) is 13.0. The largest absolute Gasteiger partial charge is 0.375 e. The Labute approximate surface area is 280 Å². The van der Waals surface area contributed by atoms with Gasteiger partial charge in [-0.1, -0.05) is 134 Å². The Morgan fingerprint density at radius 2 is 1.19 bits per heavy atom. The topological polar surface area (TPSA) is 46.2 Å². The molecule has 1 saturated heterocycles. The zero-order valence-corrected chi connectivity index (χ0v) is 27.3. The van der Waals surface area contributed by atoms with Gasteiger partial charge in [-0.05, 0) is 47.4 Å². The molecule has 1 spiro atoms. The molecule has 0 N–H and O–H groups in total. The minimum atomic E-state index is -0.456. The molecule has 2 unspecified atom stereocenters. The van der Waals surface area contributed by atoms with Crippen LogP contribution in [0.4, 0.5) is 0 Å². The predicted molar refractivity (Wildman–Crippen MR) is 185 cm³/mol. The molecular weight excluding hydrogens is 584 g/mol. The van der Waals surface area contributed by atoms with Crippen molar-refractivity contribution < 1.29 is 23.7 Å². The molecule has 246 valence electrons. The highest BCUT2D eigenvalue weighted by molar-refractivity contribution is 5.16. The summed E-state index contributed by atoms with van der Waals surface area (Å²) in [5.74, 6) is 0.449. The smallest absolute Gasteiger partial charge is 0.115 e. The van der Waals surface area contributed by atoms with Crippen molar-refractivity contribution in [2.75, 3.05) is 13.2 Å². The van der Waals surface area contributed by atoms with Crippen molar-refractivity contribution in [2.24, 2.45) is 11.3 Å². The minimum Gasteiger partial charge on any atom is -0.375 e. The molecule has 1 saturated carbocycles. The van der Waals surface area contributed by atoms with Crippen LogP contribution in [0.1, 0.15) is 47.9 Å². The van der Waals surface area contributed by atoms with Gasteiger partial charge >= 0.3 is 0 Å². The number of ether oxygens (including phenoxy) is 5. The van der Waals surface area contributed by atoms with Crippen LogP contribution in [0, 0.1) is 11.3 Å². The Hall–Kier alpha value is -3.58. The van der Waals surface area contributed by atoms with E-state index in [-0.39, 0.29) is 17.6 Å². The highest BCUT2D eigenvalue weighted by Crippen LogP contribution is 2.52. The van der Waals surface area contributed by atoms with Gasteiger partial charge in [-0.25, -0.2) is 0 Å². The summed E-state index contributed by atoms with van der Waals surface area (Å²) in [4.78, 5) is 0. The van der Waals surface area contributed by atoms with Gasteiger partial charge in [0.25, 0.3) is 0 Å². The van der Waals surface area contributed by atoms with E-state index in [0.717, 1.165) is 35.1 Å². The fraction of sp³-hybridized carbons (Fsp3) is 0.381. The van der Waals surface area contributed by atoms with E-state index in [9.17, 15) is 0 Å². The van der Waals surface area contributed by atoms with E-state index >= 15 is 0 Å². The third-order valence-electron chi connectivity index (χ3n) is 9.78. The van der Waals surface area contributed by atoms with Gasteiger partial charge in [-0.3, -0.25) is 0 Å². The molecule has 4 aromatic carbocycles. The molecule has 0 bridgehead atoms. The maximum absolute atomic E-state index is 6.92. The summed E-state index contributed by atoms with van der Waals surface area (Å²) >= 11 is 0. The molecule has 2 fully saturated rings. The van der Waals surface area contributed by atoms with Crippen molar-refractivity contribution in [1.29, 1.82) is 0 Å². The van der Waals surface area contributed by atoms with Crippen molar-refractivity contribution >= 4 is 0 Å². The van der Waals surface area contributed by atoms with Crippen LogP contribution in [0.2, 0.25) is 0 Å². The van der Waals surface area contributed by atoms with E-state index in [1.165, 1.54) is 12.8 Å². The maximum Gasteiger partial charge on any atom is 0.115 e. The summed E-state index contributed by atoms with van der Waals surface area (Å²) in [6.07, 6.45) is 5.16. The maximum atomic E-state index is 6.92. The summed E-state index contributed by atoms with van der Waals surface area (Å²) in [6.45, 7) is 7.05. The van der Waals surface area contributed by atoms with Crippen molar-refractivity contribution in [3.63, 3.8) is 0 Å². The molecule has 0 amide bonds. The van der Waals surface area contributed by atoms with Crippen LogP contribution < -0.4 is 0 Å². The molecule has 1 aliphatic carbocycles. The van der Waals surface area contributed by atoms with Crippen LogP contribution in [-0.4, -0.2) is 37.6 Å². The van der Waals surface area contributed by atoms with Crippen molar-refractivity contribution in [2.45, 2.75) is 76.5 Å². The molecule has 2 aliphatic rings. The number of rotatable bonds is 17. The second-order valence-electron chi connectivity index (χ2n) is 13.0. The van der Waals surface area contributed by atoms with Gasteiger partial charge in [0.05, 0.1) is 45.7 Å². The SMILES string of the molecule is C=CC1CCCC12CO[C@H]([C@H](OCc1ccccc1)[C@H](OCc1ccccc1)[C@@H](COCc1ccccc1)OCc1ccccc1)C2. The highest BCUT2D eigenvalue weighted by Gasteiger charge is 2.52. The van der Waals surface area contributed by atoms with Gasteiger partial charge in [-0.2, -0.15) is 0 Å². The highest BCUT2D eigenvalue weighted by atomic mass is 16.6. The van der Waals surface area contributed by atoms with Gasteiger partial charge in [0.1, 0.15) is 18.3 Å². The van der Waals surface area contributed by atoms with E-state index in [1.807, 2.05) is 60.7 Å². The first kappa shape index (κ1) is 33.3. The Balaban J connectivity index is 1.30. The number of benzene rings is 4. The van der Waals surface area contributed by atoms with Crippen molar-refractivity contribution in [3.8, 4) is 0 Å². The van der Waals surface area contributed by atoms with E-state index < -0.39 is 12.2 Å². The summed E-state index contributed by atoms with van der Waals surface area (Å²) in [7, 11) is 0. The van der Waals surface area contributed by atoms with E-state index in [4.69, 9.17) is 23.7 Å². The monoisotopic (exact) mass is 632 g/mol. The number of hydrogen-bond donors (Lipinski definition) is 0. The first-order valence-corrected chi connectivity index (χ1v) is 17.0. The van der Waals surface area contributed by atoms with Gasteiger partial charge in [0.15, 0.2) is 0 Å². The third kappa shape index (κ3) is 9.07. The van der Waals surface area contributed by atoms with Crippen molar-refractivity contribution in [3.05, 3.63) is 156 Å². The molecule has 5 heteroatoms. The molecule has 5 nitrogen and oxygen atoms in total. The summed E-state index contributed by atoms with van der Waals surface area (Å²) in [6, 6.07) is 41.2. The molecule has 47 heavy (non-hydrogen) atoms. The molecule has 1 heterocycles. The average molecular weight is 633 g/mol. The lowest BCUT2D eigenvalue weighted by molar-refractivity contribution is -0.192. The average Bonchev–Trinajstić information content (AvgIpc) is 3.75. The summed E-state index contributed by atoms with van der Waals surface area (Å²) in [5, 5.41) is 0. The third-order valence-corrected chi connectivity index (χ3v) is 9.78. The van der Waals surface area contributed by atoms with E-state index in [0.29, 0.717) is 45.6 Å². The minimum absolute atomic E-state index is 0.0922. The number of allylic oxidation sites excluding steroid dienone is 1. The molecule has 1 aliphatic heterocycles.